The van der Waals surface area contributed by atoms with Crippen molar-refractivity contribution in [2.75, 3.05) is 73.4 Å². The summed E-state index contributed by atoms with van der Waals surface area (Å²) in [6.07, 6.45) is 5.05. The van der Waals surface area contributed by atoms with Gasteiger partial charge in [-0.1, -0.05) is 85.0 Å². The second kappa shape index (κ2) is 42.0. The van der Waals surface area contributed by atoms with Crippen molar-refractivity contribution in [1.82, 2.24) is 25.8 Å². The van der Waals surface area contributed by atoms with Gasteiger partial charge in [0.05, 0.1) is 45.6 Å². The van der Waals surface area contributed by atoms with Crippen LogP contribution in [0.25, 0.3) is 0 Å². The lowest BCUT2D eigenvalue weighted by atomic mass is 9.93. The molecule has 5 amide bonds. The summed E-state index contributed by atoms with van der Waals surface area (Å²) in [5, 5.41) is 8.15. The van der Waals surface area contributed by atoms with Gasteiger partial charge in [-0.3, -0.25) is 33.6 Å². The van der Waals surface area contributed by atoms with E-state index >= 15 is 0 Å². The fourth-order valence-corrected chi connectivity index (χ4v) is 9.27. The minimum Gasteiger partial charge on any atom is -0.456 e. The fourth-order valence-electron chi connectivity index (χ4n) is 8.56. The number of amides is 5. The number of hydrogen-bond acceptors (Lipinski definition) is 17. The van der Waals surface area contributed by atoms with Crippen molar-refractivity contribution < 1.29 is 76.3 Å². The first-order valence-corrected chi connectivity index (χ1v) is 34.1. The monoisotopic (exact) mass is 1230 g/mol. The van der Waals surface area contributed by atoms with Crippen molar-refractivity contribution >= 4 is 61.5 Å². The number of benzene rings is 1. The van der Waals surface area contributed by atoms with Gasteiger partial charge >= 0.3 is 24.0 Å². The van der Waals surface area contributed by atoms with E-state index < -0.39 is 98.6 Å². The van der Waals surface area contributed by atoms with Gasteiger partial charge in [-0.15, -0.1) is 0 Å². The molecule has 0 aliphatic heterocycles. The molecule has 23 heteroatoms. The summed E-state index contributed by atoms with van der Waals surface area (Å²) in [5.74, 6) is -4.56. The van der Waals surface area contributed by atoms with Gasteiger partial charge in [0, 0.05) is 60.3 Å². The highest BCUT2D eigenvalue weighted by molar-refractivity contribution is 6.76. The lowest BCUT2D eigenvalue weighted by Crippen LogP contribution is -2.56. The molecule has 0 saturated carbocycles. The number of unbranched alkanes of at least 4 members (excludes halogenated alkanes) is 1. The fraction of sp³-hybridized carbons (Fsp3) is 0.698. The Morgan fingerprint density at radius 3 is 1.91 bits per heavy atom. The minimum absolute atomic E-state index is 0.0487. The van der Waals surface area contributed by atoms with E-state index in [-0.39, 0.29) is 54.1 Å². The van der Waals surface area contributed by atoms with Crippen molar-refractivity contribution in [3.63, 3.8) is 0 Å². The zero-order valence-corrected chi connectivity index (χ0v) is 55.6. The van der Waals surface area contributed by atoms with E-state index in [4.69, 9.17) is 38.9 Å². The predicted octanol–water partition coefficient (Wildman–Crippen LogP) is 7.26. The third-order valence-corrected chi connectivity index (χ3v) is 16.0. The van der Waals surface area contributed by atoms with Gasteiger partial charge in [0.25, 0.3) is 5.91 Å². The first-order valence-electron chi connectivity index (χ1n) is 30.4. The number of allylic oxidation sites excluding steroid dienone is 2. The molecule has 5 N–H and O–H groups in total. The first kappa shape index (κ1) is 78.0. The van der Waals surface area contributed by atoms with E-state index in [9.17, 15) is 43.2 Å². The van der Waals surface area contributed by atoms with Crippen molar-refractivity contribution in [1.29, 1.82) is 0 Å². The highest BCUT2D eigenvalue weighted by Gasteiger charge is 2.35. The summed E-state index contributed by atoms with van der Waals surface area (Å²) in [4.78, 5) is 121. The molecule has 1 rings (SSSR count). The second-order valence-electron chi connectivity index (χ2n) is 23.9. The van der Waals surface area contributed by atoms with E-state index in [2.05, 4.69) is 35.6 Å². The van der Waals surface area contributed by atoms with Crippen LogP contribution in [-0.4, -0.2) is 181 Å². The van der Waals surface area contributed by atoms with Gasteiger partial charge in [0.2, 0.25) is 17.7 Å². The molecular formula is C63H106N6O16Si. The van der Waals surface area contributed by atoms with E-state index in [1.54, 1.807) is 44.2 Å². The lowest BCUT2D eigenvalue weighted by molar-refractivity contribution is -0.154. The van der Waals surface area contributed by atoms with E-state index in [0.717, 1.165) is 11.6 Å². The molecule has 8 atom stereocenters. The maximum Gasteiger partial charge on any atom is 0.407 e. The number of likely N-dealkylation sites (N-methyl/N-ethyl adjacent to an activating group) is 2. The summed E-state index contributed by atoms with van der Waals surface area (Å²) in [5.41, 5.74) is 7.45. The number of carbonyl (C=O) groups is 9. The Morgan fingerprint density at radius 1 is 0.744 bits per heavy atom. The molecule has 488 valence electrons. The number of hydrogen-bond donors (Lipinski definition) is 4. The number of ether oxygens (including phenoxy) is 7. The van der Waals surface area contributed by atoms with Crippen molar-refractivity contribution in [2.45, 2.75) is 196 Å². The van der Waals surface area contributed by atoms with Gasteiger partial charge in [-0.2, -0.15) is 0 Å². The molecule has 0 spiro atoms. The van der Waals surface area contributed by atoms with Crippen LogP contribution < -0.4 is 26.4 Å². The standard InChI is InChI=1S/C63H106N6O16Si/c1-17-43(5)56(49(11)70)67-54(71)41-68(12)60(75)52(40-50-26-28-51(29-27-50)83-55(72)25-19-20-31-79-33-35-81-36-34-80-32-22-30-65-63(78)82-37-38-86(14,15)16)69(13)59(74)48(10)66-58(73)53(39-42(3)4)84-61(76)46(8)24-21-23-45(7)57(44(6)18-2)85-62(77)47(9)64/h18,24,26-29,42-43,45,47-48,52-53,56-57H,17,19-23,25,30-41,64H2,1-16H3,(H,65,78)(H,66,73)(H,67,71)/b44-18+,46-24+/t43?,45-,47+,48-,52+,53+,56-,57+/m0/s1. The zero-order chi connectivity index (χ0) is 65.1. The average molecular weight is 1230 g/mol. The third kappa shape index (κ3) is 32.6. The number of esters is 3. The number of rotatable bonds is 43. The molecule has 0 aliphatic carbocycles. The molecule has 1 aromatic carbocycles. The quantitative estimate of drug-likeness (QED) is 0.00951. The van der Waals surface area contributed by atoms with Crippen LogP contribution in [0, 0.1) is 17.8 Å². The number of ketones is 1. The smallest absolute Gasteiger partial charge is 0.407 e. The summed E-state index contributed by atoms with van der Waals surface area (Å²) < 4.78 is 39.0. The minimum atomic E-state index is -1.27. The Labute approximate surface area is 513 Å². The second-order valence-corrected chi connectivity index (χ2v) is 29.5. The number of nitrogens with zero attached hydrogens (tertiary/aromatic N) is 2. The summed E-state index contributed by atoms with van der Waals surface area (Å²) >= 11 is 0. The van der Waals surface area contributed by atoms with Gasteiger partial charge in [0.15, 0.2) is 11.9 Å². The summed E-state index contributed by atoms with van der Waals surface area (Å²) in [6, 6.07) is 3.42. The Kier molecular flexibility index (Phi) is 38.1. The Hall–Kier alpha value is -6.01. The van der Waals surface area contributed by atoms with Crippen LogP contribution in [0.2, 0.25) is 25.7 Å². The zero-order valence-electron chi connectivity index (χ0n) is 54.6. The van der Waals surface area contributed by atoms with Crippen LogP contribution in [0.1, 0.15) is 133 Å². The number of nitrogens with two attached hydrogens (primary N) is 1. The van der Waals surface area contributed by atoms with Crippen molar-refractivity contribution in [2.24, 2.45) is 23.5 Å². The van der Waals surface area contributed by atoms with Gasteiger partial charge < -0.3 is 64.6 Å². The number of Topliss-reactive ketones (excluding diaryl/α,β-unsaturated/α-hetero) is 1. The molecule has 1 unspecified atom stereocenters. The van der Waals surface area contributed by atoms with Crippen LogP contribution in [0.4, 0.5) is 4.79 Å². The third-order valence-electron chi connectivity index (χ3n) is 14.3. The van der Waals surface area contributed by atoms with Crippen LogP contribution in [0.15, 0.2) is 47.6 Å². The molecular weight excluding hydrogens is 1120 g/mol. The van der Waals surface area contributed by atoms with Crippen LogP contribution in [-0.2, 0) is 73.2 Å². The van der Waals surface area contributed by atoms with E-state index in [0.29, 0.717) is 96.9 Å². The SMILES string of the molecule is C/C=C(\C)[C@@H](OC(=O)[C@@H](C)N)[C@@H](C)CC/C=C(\C)C(=O)O[C@H](CC(C)C)C(=O)N[C@@H](C)C(=O)N(C)[C@H](Cc1ccc(OC(=O)CCCCOCCOCCOCCCNC(=O)OCC[Si](C)(C)C)cc1)C(=O)N(C)CC(=O)N[C@H](C(C)=O)C(C)CC. The molecule has 0 bridgehead atoms. The van der Waals surface area contributed by atoms with Crippen molar-refractivity contribution in [3.8, 4) is 5.75 Å². The average Bonchev–Trinajstić information content (AvgIpc) is 3.05. The molecule has 0 aromatic heterocycles. The molecule has 0 fully saturated rings. The topological polar surface area (TPSA) is 287 Å². The van der Waals surface area contributed by atoms with Crippen LogP contribution in [0.3, 0.4) is 0 Å². The summed E-state index contributed by atoms with van der Waals surface area (Å²) in [6.45, 7) is 28.8. The molecule has 0 heterocycles. The first-order chi connectivity index (χ1) is 40.4. The van der Waals surface area contributed by atoms with Gasteiger partial charge in [-0.05, 0) is 127 Å². The van der Waals surface area contributed by atoms with Gasteiger partial charge in [-0.25, -0.2) is 9.59 Å². The Balaban J connectivity index is 2.98. The molecule has 86 heavy (non-hydrogen) atoms. The van der Waals surface area contributed by atoms with E-state index in [1.165, 1.54) is 37.7 Å². The molecule has 0 saturated heterocycles. The van der Waals surface area contributed by atoms with Gasteiger partial charge in [0.1, 0.15) is 30.0 Å². The summed E-state index contributed by atoms with van der Waals surface area (Å²) in [7, 11) is 1.58. The predicted molar refractivity (Wildman–Crippen MR) is 333 cm³/mol. The number of nitrogens with one attached hydrogen (secondary N) is 3. The van der Waals surface area contributed by atoms with Crippen molar-refractivity contribution in [3.05, 3.63) is 53.1 Å². The van der Waals surface area contributed by atoms with E-state index in [1.807, 2.05) is 54.5 Å². The maximum absolute atomic E-state index is 14.4. The molecule has 0 radical (unpaired) electrons. The number of carbonyl (C=O) groups excluding carboxylic acids is 9. The molecule has 1 aromatic rings. The highest BCUT2D eigenvalue weighted by atomic mass is 28.3. The number of alkyl carbamates (subject to hydrolysis) is 1. The molecule has 0 aliphatic rings. The Bertz CT molecular complexity index is 2340. The molecule has 22 nitrogen and oxygen atoms in total. The van der Waals surface area contributed by atoms with Crippen LogP contribution in [0.5, 0.6) is 5.75 Å². The lowest BCUT2D eigenvalue weighted by Gasteiger charge is -2.33. The highest BCUT2D eigenvalue weighted by Crippen LogP contribution is 2.23. The normalized spacial score (nSPS) is 14.7. The largest absolute Gasteiger partial charge is 0.456 e. The Morgan fingerprint density at radius 2 is 1.35 bits per heavy atom. The maximum atomic E-state index is 14.4. The van der Waals surface area contributed by atoms with Crippen LogP contribution >= 0.6 is 0 Å².